The third-order valence-electron chi connectivity index (χ3n) is 4.70. The van der Waals surface area contributed by atoms with Crippen molar-refractivity contribution in [2.45, 2.75) is 44.2 Å². The van der Waals surface area contributed by atoms with Crippen LogP contribution in [-0.2, 0) is 4.74 Å². The summed E-state index contributed by atoms with van der Waals surface area (Å²) in [6.45, 7) is 3.70. The van der Waals surface area contributed by atoms with Crippen molar-refractivity contribution in [3.05, 3.63) is 12.3 Å². The van der Waals surface area contributed by atoms with Crippen LogP contribution >= 0.6 is 0 Å². The average molecular weight is 321 g/mol. The molecule has 7 nitrogen and oxygen atoms in total. The quantitative estimate of drug-likeness (QED) is 0.891. The van der Waals surface area contributed by atoms with Gasteiger partial charge in [-0.3, -0.25) is 10.00 Å². The van der Waals surface area contributed by atoms with E-state index in [0.29, 0.717) is 11.9 Å². The molecule has 7 heteroatoms. The molecule has 23 heavy (non-hydrogen) atoms. The number of amides is 2. The number of rotatable bonds is 3. The van der Waals surface area contributed by atoms with Gasteiger partial charge in [0.1, 0.15) is 0 Å². The van der Waals surface area contributed by atoms with Crippen LogP contribution in [0.2, 0.25) is 0 Å². The highest BCUT2D eigenvalue weighted by Crippen LogP contribution is 2.21. The summed E-state index contributed by atoms with van der Waals surface area (Å²) in [4.78, 5) is 14.4. The summed E-state index contributed by atoms with van der Waals surface area (Å²) in [5.41, 5.74) is 0. The van der Waals surface area contributed by atoms with Crippen molar-refractivity contribution in [3.8, 4) is 0 Å². The van der Waals surface area contributed by atoms with Gasteiger partial charge in [0.05, 0.1) is 6.04 Å². The van der Waals surface area contributed by atoms with E-state index in [9.17, 15) is 4.79 Å². The van der Waals surface area contributed by atoms with Gasteiger partial charge in [-0.05, 0) is 52.2 Å². The van der Waals surface area contributed by atoms with Crippen molar-refractivity contribution >= 4 is 11.8 Å². The topological polar surface area (TPSA) is 71.4 Å². The first-order valence-electron chi connectivity index (χ1n) is 8.59. The van der Waals surface area contributed by atoms with Gasteiger partial charge in [0.2, 0.25) is 0 Å². The first-order chi connectivity index (χ1) is 11.2. The maximum Gasteiger partial charge on any atom is 0.320 e. The van der Waals surface area contributed by atoms with Gasteiger partial charge in [-0.25, -0.2) is 4.79 Å². The molecular formula is C16H27N5O2. The van der Waals surface area contributed by atoms with Crippen molar-refractivity contribution in [2.75, 3.05) is 38.7 Å². The van der Waals surface area contributed by atoms with Gasteiger partial charge in [-0.1, -0.05) is 0 Å². The molecule has 0 saturated carbocycles. The van der Waals surface area contributed by atoms with Crippen LogP contribution in [-0.4, -0.2) is 60.1 Å². The Labute approximate surface area is 137 Å². The predicted molar refractivity (Wildman–Crippen MR) is 88.6 cm³/mol. The van der Waals surface area contributed by atoms with E-state index >= 15 is 0 Å². The number of hydrogen-bond acceptors (Lipinski definition) is 4. The SMILES string of the molecule is CN1CCC(n2ccc(NC(=O)NC3CCCOCC3)n2)CC1. The summed E-state index contributed by atoms with van der Waals surface area (Å²) in [5.74, 6) is 0.617. The molecule has 2 saturated heterocycles. The molecule has 0 spiro atoms. The Kier molecular flexibility index (Phi) is 5.51. The monoisotopic (exact) mass is 321 g/mol. The number of ether oxygens (including phenoxy) is 1. The zero-order valence-electron chi connectivity index (χ0n) is 13.8. The fourth-order valence-corrected chi connectivity index (χ4v) is 3.25. The number of urea groups is 1. The maximum atomic E-state index is 12.1. The number of anilines is 1. The van der Waals surface area contributed by atoms with Gasteiger partial charge >= 0.3 is 6.03 Å². The molecule has 3 rings (SSSR count). The molecule has 0 aliphatic carbocycles. The van der Waals surface area contributed by atoms with Crippen molar-refractivity contribution in [1.29, 1.82) is 0 Å². The van der Waals surface area contributed by atoms with Crippen LogP contribution in [0, 0.1) is 0 Å². The second kappa shape index (κ2) is 7.79. The molecular weight excluding hydrogens is 294 g/mol. The smallest absolute Gasteiger partial charge is 0.320 e. The normalized spacial score (nSPS) is 24.1. The van der Waals surface area contributed by atoms with Crippen molar-refractivity contribution in [2.24, 2.45) is 0 Å². The highest BCUT2D eigenvalue weighted by molar-refractivity contribution is 5.88. The molecule has 2 fully saturated rings. The Hall–Kier alpha value is -1.60. The standard InChI is InChI=1S/C16H27N5O2/c1-20-8-4-14(5-9-20)21-10-6-15(19-21)18-16(22)17-13-3-2-11-23-12-7-13/h6,10,13-14H,2-5,7-9,11-12H2,1H3,(H2,17,18,19,22). The zero-order chi connectivity index (χ0) is 16.1. The van der Waals surface area contributed by atoms with Gasteiger partial charge in [-0.15, -0.1) is 0 Å². The third-order valence-corrected chi connectivity index (χ3v) is 4.70. The fourth-order valence-electron chi connectivity index (χ4n) is 3.25. The first-order valence-corrected chi connectivity index (χ1v) is 8.59. The molecule has 2 N–H and O–H groups in total. The molecule has 1 aromatic rings. The molecule has 0 bridgehead atoms. The Morgan fingerprint density at radius 3 is 2.91 bits per heavy atom. The lowest BCUT2D eigenvalue weighted by Gasteiger charge is -2.28. The van der Waals surface area contributed by atoms with Crippen molar-refractivity contribution in [1.82, 2.24) is 20.0 Å². The molecule has 1 aromatic heterocycles. The van der Waals surface area contributed by atoms with Crippen molar-refractivity contribution < 1.29 is 9.53 Å². The van der Waals surface area contributed by atoms with Crippen LogP contribution in [0.5, 0.6) is 0 Å². The highest BCUT2D eigenvalue weighted by Gasteiger charge is 2.20. The lowest BCUT2D eigenvalue weighted by atomic mass is 10.1. The van der Waals surface area contributed by atoms with Crippen LogP contribution in [0.25, 0.3) is 0 Å². The summed E-state index contributed by atoms with van der Waals surface area (Å²) in [5, 5.41) is 10.4. The largest absolute Gasteiger partial charge is 0.381 e. The van der Waals surface area contributed by atoms with Gasteiger partial charge in [0.15, 0.2) is 5.82 Å². The lowest BCUT2D eigenvalue weighted by Crippen LogP contribution is -2.38. The number of carbonyl (C=O) groups excluding carboxylic acids is 1. The van der Waals surface area contributed by atoms with E-state index in [2.05, 4.69) is 27.7 Å². The van der Waals surface area contributed by atoms with E-state index in [4.69, 9.17) is 4.74 Å². The average Bonchev–Trinajstić information content (AvgIpc) is 2.84. The molecule has 1 atom stereocenters. The van der Waals surface area contributed by atoms with Crippen LogP contribution in [0.15, 0.2) is 12.3 Å². The van der Waals surface area contributed by atoms with E-state index < -0.39 is 0 Å². The fraction of sp³-hybridized carbons (Fsp3) is 0.750. The van der Waals surface area contributed by atoms with Crippen LogP contribution in [0.3, 0.4) is 0 Å². The summed E-state index contributed by atoms with van der Waals surface area (Å²) < 4.78 is 7.40. The predicted octanol–water partition coefficient (Wildman–Crippen LogP) is 1.84. The minimum Gasteiger partial charge on any atom is -0.381 e. The van der Waals surface area contributed by atoms with Crippen LogP contribution in [0.1, 0.15) is 38.1 Å². The Balaban J connectivity index is 1.49. The van der Waals surface area contributed by atoms with E-state index in [1.54, 1.807) is 0 Å². The van der Waals surface area contributed by atoms with Gasteiger partial charge in [0.25, 0.3) is 0 Å². The minimum absolute atomic E-state index is 0.175. The number of carbonyl (C=O) groups is 1. The van der Waals surface area contributed by atoms with Crippen LogP contribution in [0.4, 0.5) is 10.6 Å². The van der Waals surface area contributed by atoms with Gasteiger partial charge in [0, 0.05) is 31.5 Å². The van der Waals surface area contributed by atoms with E-state index in [1.807, 2.05) is 16.9 Å². The Morgan fingerprint density at radius 2 is 2.09 bits per heavy atom. The van der Waals surface area contributed by atoms with Crippen LogP contribution < -0.4 is 10.6 Å². The molecule has 2 amide bonds. The van der Waals surface area contributed by atoms with E-state index in [-0.39, 0.29) is 12.1 Å². The first kappa shape index (κ1) is 16.3. The van der Waals surface area contributed by atoms with E-state index in [1.165, 1.54) is 0 Å². The molecule has 3 heterocycles. The maximum absolute atomic E-state index is 12.1. The summed E-state index contributed by atoms with van der Waals surface area (Å²) in [6.07, 6.45) is 7.01. The zero-order valence-corrected chi connectivity index (χ0v) is 13.8. The summed E-state index contributed by atoms with van der Waals surface area (Å²) >= 11 is 0. The molecule has 0 radical (unpaired) electrons. The number of nitrogens with zero attached hydrogens (tertiary/aromatic N) is 3. The van der Waals surface area contributed by atoms with Crippen molar-refractivity contribution in [3.63, 3.8) is 0 Å². The molecule has 128 valence electrons. The van der Waals surface area contributed by atoms with Gasteiger partial charge < -0.3 is 15.0 Å². The molecule has 0 aromatic carbocycles. The number of piperidine rings is 1. The Morgan fingerprint density at radius 1 is 1.26 bits per heavy atom. The number of aromatic nitrogens is 2. The number of likely N-dealkylation sites (tertiary alicyclic amines) is 1. The summed E-state index contributed by atoms with van der Waals surface area (Å²) in [6, 6.07) is 2.32. The number of nitrogens with one attached hydrogen (secondary N) is 2. The second-order valence-corrected chi connectivity index (χ2v) is 6.55. The molecule has 2 aliphatic rings. The summed E-state index contributed by atoms with van der Waals surface area (Å²) in [7, 11) is 2.15. The molecule has 2 aliphatic heterocycles. The Bertz CT molecular complexity index is 502. The number of hydrogen-bond donors (Lipinski definition) is 2. The van der Waals surface area contributed by atoms with E-state index in [0.717, 1.165) is 58.4 Å². The highest BCUT2D eigenvalue weighted by atomic mass is 16.5. The lowest BCUT2D eigenvalue weighted by molar-refractivity contribution is 0.143. The third kappa shape index (κ3) is 4.68. The second-order valence-electron chi connectivity index (χ2n) is 6.55. The van der Waals surface area contributed by atoms with Gasteiger partial charge in [-0.2, -0.15) is 5.10 Å². The molecule has 1 unspecified atom stereocenters. The minimum atomic E-state index is -0.175.